The lowest BCUT2D eigenvalue weighted by atomic mass is 10.2. The van der Waals surface area contributed by atoms with E-state index in [0.29, 0.717) is 39.9 Å². The molecule has 0 aliphatic heterocycles. The van der Waals surface area contributed by atoms with E-state index in [1.165, 1.54) is 0 Å². The van der Waals surface area contributed by atoms with Crippen molar-refractivity contribution in [3.05, 3.63) is 63.9 Å². The van der Waals surface area contributed by atoms with Crippen molar-refractivity contribution in [1.29, 1.82) is 0 Å². The topological polar surface area (TPSA) is 114 Å². The summed E-state index contributed by atoms with van der Waals surface area (Å²) in [5.41, 5.74) is 2.28. The van der Waals surface area contributed by atoms with E-state index in [-0.39, 0.29) is 12.3 Å². The summed E-state index contributed by atoms with van der Waals surface area (Å²) in [6.07, 6.45) is 0.472. The molecule has 4 rings (SSSR count). The quantitative estimate of drug-likeness (QED) is 0.545. The number of aromatic amines is 1. The third kappa shape index (κ3) is 3.90. The average molecular weight is 385 g/mol. The number of amides is 1. The smallest absolute Gasteiger partial charge is 0.408 e. The van der Waals surface area contributed by atoms with Gasteiger partial charge in [0.15, 0.2) is 5.58 Å². The zero-order valence-electron chi connectivity index (χ0n) is 13.9. The molecule has 0 radical (unpaired) electrons. The number of hydrogen-bond donors (Lipinski definition) is 2. The fourth-order valence-electron chi connectivity index (χ4n) is 2.55. The molecular weight excluding hydrogens is 372 g/mol. The number of nitrogens with zero attached hydrogens (tertiary/aromatic N) is 2. The molecule has 2 heterocycles. The molecule has 0 aliphatic carbocycles. The first-order valence-electron chi connectivity index (χ1n) is 8.08. The van der Waals surface area contributed by atoms with Gasteiger partial charge in [0.2, 0.25) is 17.6 Å². The van der Waals surface area contributed by atoms with Crippen LogP contribution in [0, 0.1) is 0 Å². The van der Waals surface area contributed by atoms with Crippen molar-refractivity contribution >= 4 is 34.3 Å². The van der Waals surface area contributed by atoms with Crippen LogP contribution in [0.15, 0.2) is 56.2 Å². The third-order valence-corrected chi connectivity index (χ3v) is 4.09. The monoisotopic (exact) mass is 384 g/mol. The first kappa shape index (κ1) is 17.0. The second-order valence-corrected chi connectivity index (χ2v) is 6.23. The fourth-order valence-corrected chi connectivity index (χ4v) is 2.67. The molecule has 0 saturated heterocycles. The van der Waals surface area contributed by atoms with Crippen LogP contribution in [-0.4, -0.2) is 21.0 Å². The molecule has 2 aromatic heterocycles. The lowest BCUT2D eigenvalue weighted by Gasteiger charge is -2.03. The highest BCUT2D eigenvalue weighted by atomic mass is 35.5. The van der Waals surface area contributed by atoms with E-state index in [2.05, 4.69) is 20.4 Å². The zero-order chi connectivity index (χ0) is 18.8. The van der Waals surface area contributed by atoms with Crippen LogP contribution in [0.3, 0.4) is 0 Å². The van der Waals surface area contributed by atoms with Gasteiger partial charge in [0.1, 0.15) is 0 Å². The molecule has 0 spiro atoms. The van der Waals surface area contributed by atoms with Gasteiger partial charge in [0.25, 0.3) is 0 Å². The molecule has 2 N–H and O–H groups in total. The Balaban J connectivity index is 1.37. The molecular formula is C18H13ClN4O4. The Kier molecular flexibility index (Phi) is 4.47. The largest absolute Gasteiger partial charge is 0.417 e. The van der Waals surface area contributed by atoms with Crippen LogP contribution in [0.2, 0.25) is 5.02 Å². The SMILES string of the molecule is O=C(CCc1nc(-c2ccc(Cl)cc2)no1)Nc1ccc2oc(=O)[nH]c2c1. The van der Waals surface area contributed by atoms with Crippen molar-refractivity contribution in [2.24, 2.45) is 0 Å². The van der Waals surface area contributed by atoms with Crippen LogP contribution in [0.4, 0.5) is 5.69 Å². The van der Waals surface area contributed by atoms with Crippen molar-refractivity contribution in [3.63, 3.8) is 0 Å². The van der Waals surface area contributed by atoms with E-state index in [1.54, 1.807) is 42.5 Å². The predicted octanol–water partition coefficient (Wildman–Crippen LogP) is 3.40. The van der Waals surface area contributed by atoms with Gasteiger partial charge in [-0.15, -0.1) is 0 Å². The number of halogens is 1. The van der Waals surface area contributed by atoms with E-state index in [9.17, 15) is 9.59 Å². The van der Waals surface area contributed by atoms with Gasteiger partial charge < -0.3 is 14.3 Å². The number of fused-ring (bicyclic) bond motifs is 1. The first-order valence-corrected chi connectivity index (χ1v) is 8.46. The Labute approximate surface area is 157 Å². The van der Waals surface area contributed by atoms with Gasteiger partial charge in [0.05, 0.1) is 5.52 Å². The van der Waals surface area contributed by atoms with Crippen molar-refractivity contribution in [3.8, 4) is 11.4 Å². The van der Waals surface area contributed by atoms with Gasteiger partial charge >= 0.3 is 5.76 Å². The Bertz CT molecular complexity index is 1160. The van der Waals surface area contributed by atoms with Crippen LogP contribution < -0.4 is 11.1 Å². The zero-order valence-corrected chi connectivity index (χ0v) is 14.6. The highest BCUT2D eigenvalue weighted by Crippen LogP contribution is 2.19. The van der Waals surface area contributed by atoms with Crippen LogP contribution in [0.1, 0.15) is 12.3 Å². The molecule has 0 aliphatic rings. The second-order valence-electron chi connectivity index (χ2n) is 5.79. The molecule has 0 fully saturated rings. The summed E-state index contributed by atoms with van der Waals surface area (Å²) >= 11 is 5.86. The van der Waals surface area contributed by atoms with Crippen LogP contribution >= 0.6 is 11.6 Å². The number of aryl methyl sites for hydroxylation is 1. The fraction of sp³-hybridized carbons (Fsp3) is 0.111. The van der Waals surface area contributed by atoms with Crippen molar-refractivity contribution < 1.29 is 13.7 Å². The number of benzene rings is 2. The molecule has 8 nitrogen and oxygen atoms in total. The molecule has 4 aromatic rings. The summed E-state index contributed by atoms with van der Waals surface area (Å²) in [4.78, 5) is 30.1. The molecule has 9 heteroatoms. The molecule has 136 valence electrons. The average Bonchev–Trinajstić information content (AvgIpc) is 3.26. The molecule has 2 aromatic carbocycles. The minimum Gasteiger partial charge on any atom is -0.408 e. The maximum atomic E-state index is 12.1. The van der Waals surface area contributed by atoms with E-state index < -0.39 is 5.76 Å². The maximum Gasteiger partial charge on any atom is 0.417 e. The van der Waals surface area contributed by atoms with E-state index in [0.717, 1.165) is 5.56 Å². The van der Waals surface area contributed by atoms with E-state index in [4.69, 9.17) is 20.5 Å². The summed E-state index contributed by atoms with van der Waals surface area (Å²) in [6.45, 7) is 0. The summed E-state index contributed by atoms with van der Waals surface area (Å²) < 4.78 is 10.1. The summed E-state index contributed by atoms with van der Waals surface area (Å²) in [6, 6.07) is 12.0. The predicted molar refractivity (Wildman–Crippen MR) is 98.5 cm³/mol. The highest BCUT2D eigenvalue weighted by Gasteiger charge is 2.11. The summed E-state index contributed by atoms with van der Waals surface area (Å²) in [7, 11) is 0. The van der Waals surface area contributed by atoms with Crippen molar-refractivity contribution in [2.45, 2.75) is 12.8 Å². The standard InChI is InChI=1S/C18H13ClN4O4/c19-11-3-1-10(2-4-11)17-22-16(27-23-17)8-7-15(24)20-12-5-6-14-13(9-12)21-18(25)26-14/h1-6,9H,7-8H2,(H,20,24)(H,21,25). The normalized spacial score (nSPS) is 11.0. The van der Waals surface area contributed by atoms with E-state index in [1.807, 2.05) is 0 Å². The number of carbonyl (C=O) groups excluding carboxylic acids is 1. The van der Waals surface area contributed by atoms with Gasteiger partial charge in [-0.2, -0.15) is 4.98 Å². The first-order chi connectivity index (χ1) is 13.1. The third-order valence-electron chi connectivity index (χ3n) is 3.84. The van der Waals surface area contributed by atoms with Gasteiger partial charge in [-0.1, -0.05) is 16.8 Å². The summed E-state index contributed by atoms with van der Waals surface area (Å²) in [5.74, 6) is 0.0500. The number of nitrogens with one attached hydrogen (secondary N) is 2. The molecule has 0 bridgehead atoms. The number of carbonyl (C=O) groups is 1. The molecule has 0 atom stereocenters. The van der Waals surface area contributed by atoms with Gasteiger partial charge in [0, 0.05) is 29.1 Å². The number of rotatable bonds is 5. The van der Waals surface area contributed by atoms with Gasteiger partial charge in [-0.25, -0.2) is 4.79 Å². The molecule has 1 amide bonds. The lowest BCUT2D eigenvalue weighted by molar-refractivity contribution is -0.116. The van der Waals surface area contributed by atoms with Crippen molar-refractivity contribution in [1.82, 2.24) is 15.1 Å². The second kappa shape index (κ2) is 7.08. The Hall–Kier alpha value is -3.39. The maximum absolute atomic E-state index is 12.1. The van der Waals surface area contributed by atoms with E-state index >= 15 is 0 Å². The van der Waals surface area contributed by atoms with Gasteiger partial charge in [-0.05, 0) is 42.5 Å². The van der Waals surface area contributed by atoms with Crippen molar-refractivity contribution in [2.75, 3.05) is 5.32 Å². The Morgan fingerprint density at radius 1 is 1.19 bits per heavy atom. The highest BCUT2D eigenvalue weighted by molar-refractivity contribution is 6.30. The van der Waals surface area contributed by atoms with Crippen LogP contribution in [0.25, 0.3) is 22.5 Å². The minimum absolute atomic E-state index is 0.169. The van der Waals surface area contributed by atoms with Crippen LogP contribution in [0.5, 0.6) is 0 Å². The minimum atomic E-state index is -0.540. The Morgan fingerprint density at radius 2 is 2.00 bits per heavy atom. The molecule has 27 heavy (non-hydrogen) atoms. The number of H-pyrrole nitrogens is 1. The van der Waals surface area contributed by atoms with Crippen LogP contribution in [-0.2, 0) is 11.2 Å². The molecule has 0 saturated carbocycles. The number of anilines is 1. The lowest BCUT2D eigenvalue weighted by Crippen LogP contribution is -2.12. The summed E-state index contributed by atoms with van der Waals surface area (Å²) in [5, 5.41) is 7.28. The van der Waals surface area contributed by atoms with Gasteiger partial charge in [-0.3, -0.25) is 9.78 Å². The number of oxazole rings is 1. The Morgan fingerprint density at radius 3 is 2.81 bits per heavy atom. The number of hydrogen-bond acceptors (Lipinski definition) is 6. The molecule has 0 unspecified atom stereocenters. The number of aromatic nitrogens is 3.